The average Bonchev–Trinajstić information content (AvgIpc) is 3.19. The molecule has 3 rings (SSSR count). The summed E-state index contributed by atoms with van der Waals surface area (Å²) in [5.41, 5.74) is 3.38. The van der Waals surface area contributed by atoms with Gasteiger partial charge in [0, 0.05) is 23.1 Å². The van der Waals surface area contributed by atoms with Crippen molar-refractivity contribution < 1.29 is 0 Å². The van der Waals surface area contributed by atoms with Crippen LogP contribution in [0.3, 0.4) is 0 Å². The summed E-state index contributed by atoms with van der Waals surface area (Å²) < 4.78 is 0. The summed E-state index contributed by atoms with van der Waals surface area (Å²) in [4.78, 5) is 22.5. The Bertz CT molecular complexity index is 632. The van der Waals surface area contributed by atoms with Gasteiger partial charge in [-0.05, 0) is 12.8 Å². The van der Waals surface area contributed by atoms with Crippen LogP contribution >= 0.6 is 11.3 Å². The van der Waals surface area contributed by atoms with Crippen molar-refractivity contribution in [3.63, 3.8) is 0 Å². The van der Waals surface area contributed by atoms with Crippen LogP contribution in [-0.2, 0) is 6.54 Å². The van der Waals surface area contributed by atoms with Gasteiger partial charge in [-0.3, -0.25) is 4.79 Å². The molecular weight excluding hydrogens is 264 g/mol. The minimum absolute atomic E-state index is 0.0533. The first-order valence-electron chi connectivity index (χ1n) is 6.01. The Labute approximate surface area is 113 Å². The molecule has 0 bridgehead atoms. The number of hydrogen-bond donors (Lipinski definition) is 4. The SMILES string of the molecule is NNc1cc(NCc2csc(=O)[nH]2)nc(C2CC2)n1. The van der Waals surface area contributed by atoms with E-state index in [1.54, 1.807) is 11.4 Å². The van der Waals surface area contributed by atoms with E-state index in [9.17, 15) is 4.79 Å². The minimum Gasteiger partial charge on any atom is -0.364 e. The first-order valence-corrected chi connectivity index (χ1v) is 6.89. The molecule has 5 N–H and O–H groups in total. The van der Waals surface area contributed by atoms with Crippen molar-refractivity contribution in [1.29, 1.82) is 0 Å². The van der Waals surface area contributed by atoms with E-state index in [1.807, 2.05) is 0 Å². The summed E-state index contributed by atoms with van der Waals surface area (Å²) in [5.74, 6) is 7.98. The van der Waals surface area contributed by atoms with Crippen molar-refractivity contribution in [3.8, 4) is 0 Å². The number of rotatable bonds is 5. The number of hydrogen-bond acceptors (Lipinski definition) is 7. The highest BCUT2D eigenvalue weighted by molar-refractivity contribution is 7.07. The van der Waals surface area contributed by atoms with E-state index in [1.165, 1.54) is 0 Å². The van der Waals surface area contributed by atoms with E-state index in [2.05, 4.69) is 25.7 Å². The molecule has 2 heterocycles. The minimum atomic E-state index is -0.0533. The lowest BCUT2D eigenvalue weighted by Gasteiger charge is -2.08. The zero-order valence-electron chi connectivity index (χ0n) is 10.1. The quantitative estimate of drug-likeness (QED) is 0.480. The van der Waals surface area contributed by atoms with Crippen LogP contribution in [0, 0.1) is 0 Å². The van der Waals surface area contributed by atoms with Crippen molar-refractivity contribution in [2.24, 2.45) is 5.84 Å². The number of H-pyrrole nitrogens is 1. The smallest absolute Gasteiger partial charge is 0.304 e. The Kier molecular flexibility index (Phi) is 3.18. The molecule has 0 atom stereocenters. The fraction of sp³-hybridized carbons (Fsp3) is 0.364. The second-order valence-electron chi connectivity index (χ2n) is 4.44. The molecule has 0 unspecified atom stereocenters. The molecule has 0 aromatic carbocycles. The molecule has 0 saturated heterocycles. The van der Waals surface area contributed by atoms with Crippen LogP contribution in [0.2, 0.25) is 0 Å². The second kappa shape index (κ2) is 4.98. The summed E-state index contributed by atoms with van der Waals surface area (Å²) in [6, 6.07) is 1.75. The topological polar surface area (TPSA) is 109 Å². The summed E-state index contributed by atoms with van der Waals surface area (Å²) in [5, 5.41) is 4.95. The maximum atomic E-state index is 11.0. The van der Waals surface area contributed by atoms with E-state index in [-0.39, 0.29) is 4.87 Å². The lowest BCUT2D eigenvalue weighted by atomic mass is 10.3. The molecule has 0 amide bonds. The molecule has 2 aromatic heterocycles. The van der Waals surface area contributed by atoms with E-state index in [0.717, 1.165) is 35.7 Å². The van der Waals surface area contributed by atoms with Crippen molar-refractivity contribution in [3.05, 3.63) is 32.6 Å². The Morgan fingerprint density at radius 3 is 2.84 bits per heavy atom. The van der Waals surface area contributed by atoms with Crippen LogP contribution < -0.4 is 21.5 Å². The van der Waals surface area contributed by atoms with Gasteiger partial charge in [-0.1, -0.05) is 11.3 Å². The molecule has 7 nitrogen and oxygen atoms in total. The lowest BCUT2D eigenvalue weighted by molar-refractivity contribution is 0.916. The largest absolute Gasteiger partial charge is 0.364 e. The van der Waals surface area contributed by atoms with Crippen molar-refractivity contribution in [1.82, 2.24) is 15.0 Å². The van der Waals surface area contributed by atoms with Gasteiger partial charge in [-0.15, -0.1) is 0 Å². The zero-order valence-corrected chi connectivity index (χ0v) is 11.0. The first-order chi connectivity index (χ1) is 9.24. The Morgan fingerprint density at radius 1 is 1.42 bits per heavy atom. The Morgan fingerprint density at radius 2 is 2.21 bits per heavy atom. The van der Waals surface area contributed by atoms with E-state index in [0.29, 0.717) is 24.1 Å². The first kappa shape index (κ1) is 12.1. The van der Waals surface area contributed by atoms with Crippen LogP contribution in [0.15, 0.2) is 16.2 Å². The van der Waals surface area contributed by atoms with Gasteiger partial charge in [0.05, 0.1) is 6.54 Å². The molecule has 19 heavy (non-hydrogen) atoms. The van der Waals surface area contributed by atoms with Crippen molar-refractivity contribution in [2.75, 3.05) is 10.7 Å². The fourth-order valence-corrected chi connectivity index (χ4v) is 2.32. The normalized spacial score (nSPS) is 14.4. The number of aromatic amines is 1. The third-order valence-electron chi connectivity index (χ3n) is 2.86. The van der Waals surface area contributed by atoms with Gasteiger partial charge < -0.3 is 15.7 Å². The number of nitrogens with two attached hydrogens (primary N) is 1. The van der Waals surface area contributed by atoms with E-state index in [4.69, 9.17) is 5.84 Å². The number of nitrogens with one attached hydrogen (secondary N) is 3. The van der Waals surface area contributed by atoms with Crippen LogP contribution in [-0.4, -0.2) is 15.0 Å². The number of hydrazine groups is 1. The van der Waals surface area contributed by atoms with Gasteiger partial charge in [0.1, 0.15) is 17.5 Å². The van der Waals surface area contributed by atoms with Gasteiger partial charge in [0.2, 0.25) is 0 Å². The standard InChI is InChI=1S/C11H14N6OS/c12-17-9-3-8(15-10(16-9)6-1-2-6)13-4-7-5-19-11(18)14-7/h3,5-6H,1-2,4,12H2,(H,14,18)(H2,13,15,16,17). The van der Waals surface area contributed by atoms with Crippen LogP contribution in [0.5, 0.6) is 0 Å². The van der Waals surface area contributed by atoms with Gasteiger partial charge in [0.25, 0.3) is 0 Å². The van der Waals surface area contributed by atoms with Gasteiger partial charge >= 0.3 is 4.87 Å². The molecule has 1 saturated carbocycles. The average molecular weight is 278 g/mol. The number of anilines is 2. The number of thiazole rings is 1. The predicted octanol–water partition coefficient (Wildman–Crippen LogP) is 1.00. The van der Waals surface area contributed by atoms with Crippen molar-refractivity contribution in [2.45, 2.75) is 25.3 Å². The lowest BCUT2D eigenvalue weighted by Crippen LogP contribution is -2.12. The second-order valence-corrected chi connectivity index (χ2v) is 5.28. The summed E-state index contributed by atoms with van der Waals surface area (Å²) in [6.07, 6.45) is 2.26. The molecule has 2 aromatic rings. The monoisotopic (exact) mass is 278 g/mol. The highest BCUT2D eigenvalue weighted by Crippen LogP contribution is 2.38. The van der Waals surface area contributed by atoms with E-state index >= 15 is 0 Å². The van der Waals surface area contributed by atoms with Crippen LogP contribution in [0.4, 0.5) is 11.6 Å². The molecule has 0 aliphatic heterocycles. The van der Waals surface area contributed by atoms with Crippen LogP contribution in [0.1, 0.15) is 30.3 Å². The Hall–Kier alpha value is -1.93. The highest BCUT2D eigenvalue weighted by atomic mass is 32.1. The third kappa shape index (κ3) is 2.91. The molecule has 1 fully saturated rings. The molecule has 0 spiro atoms. The van der Waals surface area contributed by atoms with Gasteiger partial charge in [-0.2, -0.15) is 0 Å². The van der Waals surface area contributed by atoms with Crippen LogP contribution in [0.25, 0.3) is 0 Å². The molecular formula is C11H14N6OS. The van der Waals surface area contributed by atoms with Crippen molar-refractivity contribution >= 4 is 23.0 Å². The number of nitrogen functional groups attached to an aromatic ring is 1. The predicted molar refractivity (Wildman–Crippen MR) is 74.1 cm³/mol. The third-order valence-corrected chi connectivity index (χ3v) is 3.58. The Balaban J connectivity index is 1.75. The summed E-state index contributed by atoms with van der Waals surface area (Å²) in [7, 11) is 0. The molecule has 1 aliphatic rings. The summed E-state index contributed by atoms with van der Waals surface area (Å²) >= 11 is 1.15. The fourth-order valence-electron chi connectivity index (χ4n) is 1.74. The zero-order chi connectivity index (χ0) is 13.2. The van der Waals surface area contributed by atoms with Gasteiger partial charge in [0.15, 0.2) is 0 Å². The molecule has 100 valence electrons. The maximum Gasteiger partial charge on any atom is 0.304 e. The van der Waals surface area contributed by atoms with E-state index < -0.39 is 0 Å². The number of aromatic nitrogens is 3. The summed E-state index contributed by atoms with van der Waals surface area (Å²) in [6.45, 7) is 0.518. The number of nitrogens with zero attached hydrogens (tertiary/aromatic N) is 2. The van der Waals surface area contributed by atoms with Gasteiger partial charge in [-0.25, -0.2) is 15.8 Å². The molecule has 8 heteroatoms. The molecule has 1 aliphatic carbocycles. The molecule has 0 radical (unpaired) electrons. The highest BCUT2D eigenvalue weighted by Gasteiger charge is 2.27. The maximum absolute atomic E-state index is 11.0.